The van der Waals surface area contributed by atoms with Gasteiger partial charge in [0, 0.05) is 13.0 Å². The van der Waals surface area contributed by atoms with Crippen LogP contribution in [0, 0.1) is 0 Å². The Kier molecular flexibility index (Phi) is 46.4. The van der Waals surface area contributed by atoms with Crippen molar-refractivity contribution in [2.24, 2.45) is 0 Å². The highest BCUT2D eigenvalue weighted by Gasteiger charge is 2.44. The summed E-state index contributed by atoms with van der Waals surface area (Å²) in [5.41, 5.74) is 0. The van der Waals surface area contributed by atoms with Crippen molar-refractivity contribution in [1.82, 2.24) is 0 Å². The zero-order valence-electron chi connectivity index (χ0n) is 43.6. The summed E-state index contributed by atoms with van der Waals surface area (Å²) >= 11 is 0. The molecular weight excluding hydrogens is 853 g/mol. The Balaban J connectivity index is 2.18. The Hall–Kier alpha value is -2.37. The van der Waals surface area contributed by atoms with E-state index in [4.69, 9.17) is 18.9 Å². The van der Waals surface area contributed by atoms with Gasteiger partial charge in [-0.3, -0.25) is 4.79 Å². The number of hydrogen-bond donors (Lipinski definition) is 4. The van der Waals surface area contributed by atoms with Gasteiger partial charge in [0.15, 0.2) is 6.29 Å². The van der Waals surface area contributed by atoms with Crippen molar-refractivity contribution < 1.29 is 44.2 Å². The van der Waals surface area contributed by atoms with Gasteiger partial charge in [-0.1, -0.05) is 215 Å². The third kappa shape index (κ3) is 39.4. The topological polar surface area (TPSA) is 135 Å². The predicted molar refractivity (Wildman–Crippen MR) is 284 cm³/mol. The first-order chi connectivity index (χ1) is 33.4. The molecule has 0 bridgehead atoms. The normalized spacial score (nSPS) is 19.6. The van der Waals surface area contributed by atoms with Crippen LogP contribution in [0.5, 0.6) is 0 Å². The molecule has 1 saturated heterocycles. The van der Waals surface area contributed by atoms with Crippen molar-refractivity contribution >= 4 is 5.97 Å². The number of carbonyl (C=O) groups is 1. The molecule has 1 fully saturated rings. The van der Waals surface area contributed by atoms with E-state index in [2.05, 4.69) is 86.8 Å². The van der Waals surface area contributed by atoms with E-state index in [1.54, 1.807) is 0 Å². The van der Waals surface area contributed by atoms with Gasteiger partial charge in [-0.15, -0.1) is 0 Å². The van der Waals surface area contributed by atoms with Gasteiger partial charge in [0.25, 0.3) is 0 Å². The van der Waals surface area contributed by atoms with Gasteiger partial charge in [-0.2, -0.15) is 0 Å². The number of esters is 1. The number of allylic oxidation sites excluding steroid dienone is 12. The highest BCUT2D eigenvalue weighted by molar-refractivity contribution is 5.69. The van der Waals surface area contributed by atoms with E-state index in [0.717, 1.165) is 83.5 Å². The van der Waals surface area contributed by atoms with Crippen LogP contribution >= 0.6 is 0 Å². The van der Waals surface area contributed by atoms with E-state index in [1.165, 1.54) is 128 Å². The summed E-state index contributed by atoms with van der Waals surface area (Å²) < 4.78 is 22.9. The zero-order valence-corrected chi connectivity index (χ0v) is 43.6. The summed E-state index contributed by atoms with van der Waals surface area (Å²) in [5.74, 6) is -0.323. The van der Waals surface area contributed by atoms with Crippen LogP contribution in [0.25, 0.3) is 0 Å². The Morgan fingerprint density at radius 1 is 0.485 bits per heavy atom. The third-order valence-electron chi connectivity index (χ3n) is 12.6. The van der Waals surface area contributed by atoms with Crippen molar-refractivity contribution in [3.63, 3.8) is 0 Å². The third-order valence-corrected chi connectivity index (χ3v) is 12.6. The zero-order chi connectivity index (χ0) is 49.2. The lowest BCUT2D eigenvalue weighted by atomic mass is 9.99. The quantitative estimate of drug-likeness (QED) is 0.0267. The van der Waals surface area contributed by atoms with E-state index >= 15 is 0 Å². The smallest absolute Gasteiger partial charge is 0.306 e. The fraction of sp³-hybridized carbons (Fsp3) is 0.780. The number of hydrogen-bond acceptors (Lipinski definition) is 9. The average molecular weight is 957 g/mol. The van der Waals surface area contributed by atoms with Gasteiger partial charge in [-0.25, -0.2) is 0 Å². The Bertz CT molecular complexity index is 1270. The molecule has 0 saturated carbocycles. The highest BCUT2D eigenvalue weighted by atomic mass is 16.7. The summed E-state index contributed by atoms with van der Waals surface area (Å²) in [6.45, 7) is 4.40. The monoisotopic (exact) mass is 957 g/mol. The number of carbonyl (C=O) groups excluding carboxylic acids is 1. The molecule has 0 spiro atoms. The Morgan fingerprint density at radius 2 is 0.897 bits per heavy atom. The first-order valence-corrected chi connectivity index (χ1v) is 28.0. The van der Waals surface area contributed by atoms with Crippen LogP contribution < -0.4 is 0 Å². The van der Waals surface area contributed by atoms with E-state index in [-0.39, 0.29) is 19.2 Å². The lowest BCUT2D eigenvalue weighted by Gasteiger charge is -2.39. The number of unbranched alkanes of at least 4 members (excludes halogenated alkanes) is 25. The van der Waals surface area contributed by atoms with Gasteiger partial charge < -0.3 is 39.4 Å². The van der Waals surface area contributed by atoms with Gasteiger partial charge in [0.2, 0.25) is 0 Å². The second kappa shape index (κ2) is 49.6. The first kappa shape index (κ1) is 63.6. The van der Waals surface area contributed by atoms with E-state index in [0.29, 0.717) is 13.0 Å². The fourth-order valence-electron chi connectivity index (χ4n) is 8.28. The van der Waals surface area contributed by atoms with Crippen molar-refractivity contribution in [2.45, 2.75) is 269 Å². The van der Waals surface area contributed by atoms with Crippen molar-refractivity contribution in [3.05, 3.63) is 72.9 Å². The molecule has 0 amide bonds. The Morgan fingerprint density at radius 3 is 1.37 bits per heavy atom. The molecule has 9 heteroatoms. The molecule has 4 N–H and O–H groups in total. The van der Waals surface area contributed by atoms with Crippen LogP contribution in [0.15, 0.2) is 72.9 Å². The average Bonchev–Trinajstić information content (AvgIpc) is 3.34. The van der Waals surface area contributed by atoms with Gasteiger partial charge >= 0.3 is 5.97 Å². The maximum Gasteiger partial charge on any atom is 0.306 e. The minimum Gasteiger partial charge on any atom is -0.457 e. The summed E-state index contributed by atoms with van der Waals surface area (Å²) in [4.78, 5) is 12.9. The van der Waals surface area contributed by atoms with Crippen LogP contribution in [0.4, 0.5) is 0 Å². The Labute approximate surface area is 417 Å². The molecule has 6 unspecified atom stereocenters. The van der Waals surface area contributed by atoms with Crippen LogP contribution in [-0.2, 0) is 23.7 Å². The molecule has 0 aromatic heterocycles. The minimum atomic E-state index is -1.55. The van der Waals surface area contributed by atoms with Crippen molar-refractivity contribution in [1.29, 1.82) is 0 Å². The lowest BCUT2D eigenvalue weighted by Crippen LogP contribution is -2.59. The molecule has 1 aliphatic heterocycles. The summed E-state index contributed by atoms with van der Waals surface area (Å²) in [5, 5.41) is 40.3. The lowest BCUT2D eigenvalue weighted by molar-refractivity contribution is -0.305. The molecule has 1 heterocycles. The molecule has 9 nitrogen and oxygen atoms in total. The van der Waals surface area contributed by atoms with Crippen LogP contribution in [0.1, 0.15) is 232 Å². The summed E-state index contributed by atoms with van der Waals surface area (Å²) in [6, 6.07) is 0. The molecule has 6 atom stereocenters. The van der Waals surface area contributed by atoms with E-state index in [9.17, 15) is 25.2 Å². The summed E-state index contributed by atoms with van der Waals surface area (Å²) in [6.07, 6.45) is 59.5. The van der Waals surface area contributed by atoms with Crippen molar-refractivity contribution in [3.8, 4) is 0 Å². The highest BCUT2D eigenvalue weighted by Crippen LogP contribution is 2.23. The van der Waals surface area contributed by atoms with E-state index < -0.39 is 43.4 Å². The number of aliphatic hydroxyl groups is 4. The minimum absolute atomic E-state index is 0.125. The SMILES string of the molecule is CC/C=C\C/C=C\C/C=C\C/C=C\C/C=C\CCCCCCOCC(COC1OC(CO)C(O)C(O)C1O)OC(=O)CCCCCCCCCCCCCCC/C=C\CCCCCCCCCC. The molecule has 68 heavy (non-hydrogen) atoms. The number of rotatable bonds is 48. The standard InChI is InChI=1S/C59H104O9/c1-3-5-7-9-11-13-15-17-19-21-23-25-26-27-28-29-30-32-34-36-38-40-42-44-46-48-55(61)67-53(52-66-59-58(64)57(63)56(62)54(50-60)68-59)51-65-49-47-45-43-41-39-37-35-33-31-24-22-20-18-16-14-12-10-8-6-4-2/h6,8,12,14,18,20-21,23-24,31,35,37,53-54,56-60,62-64H,3-5,7,9-11,13,15-17,19,22,25-30,32-34,36,38-52H2,1-2H3/b8-6-,14-12-,20-18-,23-21-,31-24-,37-35-. The second-order valence-corrected chi connectivity index (χ2v) is 19.0. The number of aliphatic hydroxyl groups excluding tert-OH is 4. The number of ether oxygens (including phenoxy) is 4. The van der Waals surface area contributed by atoms with E-state index in [1.807, 2.05) is 0 Å². The van der Waals surface area contributed by atoms with Gasteiger partial charge in [-0.05, 0) is 83.5 Å². The molecular formula is C59H104O9. The molecule has 0 radical (unpaired) electrons. The molecule has 1 rings (SSSR count). The summed E-state index contributed by atoms with van der Waals surface area (Å²) in [7, 11) is 0. The van der Waals surface area contributed by atoms with Crippen LogP contribution in [0.2, 0.25) is 0 Å². The maximum atomic E-state index is 12.9. The predicted octanol–water partition coefficient (Wildman–Crippen LogP) is 14.4. The first-order valence-electron chi connectivity index (χ1n) is 28.0. The maximum absolute atomic E-state index is 12.9. The fourth-order valence-corrected chi connectivity index (χ4v) is 8.28. The molecule has 1 aliphatic rings. The molecule has 0 aromatic rings. The van der Waals surface area contributed by atoms with Crippen molar-refractivity contribution in [2.75, 3.05) is 26.4 Å². The molecule has 0 aliphatic carbocycles. The largest absolute Gasteiger partial charge is 0.457 e. The van der Waals surface area contributed by atoms with Crippen LogP contribution in [-0.4, -0.2) is 89.6 Å². The van der Waals surface area contributed by atoms with Gasteiger partial charge in [0.1, 0.15) is 30.5 Å². The second-order valence-electron chi connectivity index (χ2n) is 19.0. The van der Waals surface area contributed by atoms with Gasteiger partial charge in [0.05, 0.1) is 19.8 Å². The molecule has 394 valence electrons. The van der Waals surface area contributed by atoms with Crippen LogP contribution in [0.3, 0.4) is 0 Å². The molecule has 0 aromatic carbocycles.